The summed E-state index contributed by atoms with van der Waals surface area (Å²) in [5.74, 6) is 1.15. The van der Waals surface area contributed by atoms with Crippen LogP contribution in [-0.4, -0.2) is 45.7 Å². The first-order valence-corrected chi connectivity index (χ1v) is 9.02. The summed E-state index contributed by atoms with van der Waals surface area (Å²) in [5.41, 5.74) is 0.998. The van der Waals surface area contributed by atoms with Crippen LogP contribution in [0.5, 0.6) is 17.2 Å². The van der Waals surface area contributed by atoms with Gasteiger partial charge in [0, 0.05) is 11.6 Å². The number of hydrogen-bond acceptors (Lipinski definition) is 5. The van der Waals surface area contributed by atoms with Gasteiger partial charge in [-0.1, -0.05) is 17.7 Å². The van der Waals surface area contributed by atoms with Crippen LogP contribution in [0, 0.1) is 0 Å². The van der Waals surface area contributed by atoms with Crippen LogP contribution in [0.2, 0.25) is 5.02 Å². The lowest BCUT2D eigenvalue weighted by atomic mass is 10.1. The fourth-order valence-corrected chi connectivity index (χ4v) is 2.48. The molecule has 2 N–H and O–H groups in total. The van der Waals surface area contributed by atoms with E-state index in [1.165, 1.54) is 0 Å². The molecule has 0 fully saturated rings. The molecule has 8 heteroatoms. The van der Waals surface area contributed by atoms with Crippen molar-refractivity contribution in [1.29, 1.82) is 0 Å². The second-order valence-corrected chi connectivity index (χ2v) is 6.25. The smallest absolute Gasteiger partial charge is 0.258 e. The van der Waals surface area contributed by atoms with Gasteiger partial charge in [-0.05, 0) is 48.4 Å². The molecule has 0 radical (unpaired) electrons. The molecule has 28 heavy (non-hydrogen) atoms. The van der Waals surface area contributed by atoms with Crippen molar-refractivity contribution in [2.24, 2.45) is 0 Å². The van der Waals surface area contributed by atoms with Gasteiger partial charge in [0.2, 0.25) is 5.91 Å². The number of rotatable bonds is 10. The molecular formula is C20H23ClN2O5. The van der Waals surface area contributed by atoms with Crippen molar-refractivity contribution in [1.82, 2.24) is 10.6 Å². The van der Waals surface area contributed by atoms with Crippen LogP contribution < -0.4 is 24.8 Å². The van der Waals surface area contributed by atoms with Crippen LogP contribution in [0.3, 0.4) is 0 Å². The molecule has 0 aliphatic rings. The van der Waals surface area contributed by atoms with E-state index in [-0.39, 0.29) is 25.0 Å². The standard InChI is InChI=1S/C20H23ClN2O5/c1-26-17-8-3-14(11-18(17)27-2)9-10-22-19(24)12-23-20(25)13-28-16-6-4-15(21)5-7-16/h3-8,11H,9-10,12-13H2,1-2H3,(H,22,24)(H,23,25). The second-order valence-electron chi connectivity index (χ2n) is 5.81. The SMILES string of the molecule is COc1ccc(CCNC(=O)CNC(=O)COc2ccc(Cl)cc2)cc1OC. The van der Waals surface area contributed by atoms with Gasteiger partial charge >= 0.3 is 0 Å². The van der Waals surface area contributed by atoms with Crippen LogP contribution in [-0.2, 0) is 16.0 Å². The minimum atomic E-state index is -0.384. The summed E-state index contributed by atoms with van der Waals surface area (Å²) >= 11 is 5.78. The zero-order valence-corrected chi connectivity index (χ0v) is 16.5. The van der Waals surface area contributed by atoms with E-state index < -0.39 is 0 Å². The lowest BCUT2D eigenvalue weighted by molar-refractivity contribution is -0.127. The lowest BCUT2D eigenvalue weighted by Gasteiger charge is -2.10. The number of carbonyl (C=O) groups excluding carboxylic acids is 2. The minimum absolute atomic E-state index is 0.116. The zero-order chi connectivity index (χ0) is 20.4. The molecule has 0 aliphatic heterocycles. The number of amides is 2. The summed E-state index contributed by atoms with van der Waals surface area (Å²) in [6, 6.07) is 12.2. The minimum Gasteiger partial charge on any atom is -0.493 e. The molecule has 150 valence electrons. The molecule has 2 rings (SSSR count). The van der Waals surface area contributed by atoms with E-state index in [2.05, 4.69) is 10.6 Å². The number of nitrogens with one attached hydrogen (secondary N) is 2. The van der Waals surface area contributed by atoms with Crippen molar-refractivity contribution in [2.75, 3.05) is 33.9 Å². The number of halogens is 1. The predicted molar refractivity (Wildman–Crippen MR) is 106 cm³/mol. The van der Waals surface area contributed by atoms with Gasteiger partial charge in [0.25, 0.3) is 5.91 Å². The van der Waals surface area contributed by atoms with Crippen molar-refractivity contribution < 1.29 is 23.8 Å². The highest BCUT2D eigenvalue weighted by Crippen LogP contribution is 2.27. The molecule has 0 atom stereocenters. The lowest BCUT2D eigenvalue weighted by Crippen LogP contribution is -2.39. The monoisotopic (exact) mass is 406 g/mol. The Kier molecular flexibility index (Phi) is 8.42. The van der Waals surface area contributed by atoms with E-state index >= 15 is 0 Å². The first-order valence-electron chi connectivity index (χ1n) is 8.64. The highest BCUT2D eigenvalue weighted by molar-refractivity contribution is 6.30. The van der Waals surface area contributed by atoms with Gasteiger partial charge in [-0.15, -0.1) is 0 Å². The molecule has 0 saturated heterocycles. The van der Waals surface area contributed by atoms with E-state index in [0.717, 1.165) is 5.56 Å². The highest BCUT2D eigenvalue weighted by Gasteiger charge is 2.08. The number of benzene rings is 2. The maximum atomic E-state index is 11.8. The molecule has 0 unspecified atom stereocenters. The fraction of sp³-hybridized carbons (Fsp3) is 0.300. The third-order valence-corrected chi connectivity index (χ3v) is 4.07. The van der Waals surface area contributed by atoms with Crippen molar-refractivity contribution in [3.63, 3.8) is 0 Å². The highest BCUT2D eigenvalue weighted by atomic mass is 35.5. The van der Waals surface area contributed by atoms with Gasteiger partial charge in [0.15, 0.2) is 18.1 Å². The Hall–Kier alpha value is -2.93. The first-order chi connectivity index (χ1) is 13.5. The Morgan fingerprint density at radius 3 is 2.32 bits per heavy atom. The largest absolute Gasteiger partial charge is 0.493 e. The molecule has 2 aromatic carbocycles. The van der Waals surface area contributed by atoms with Gasteiger partial charge in [0.05, 0.1) is 20.8 Å². The van der Waals surface area contributed by atoms with E-state index in [1.807, 2.05) is 18.2 Å². The van der Waals surface area contributed by atoms with Gasteiger partial charge in [-0.25, -0.2) is 0 Å². The molecular weight excluding hydrogens is 384 g/mol. The fourth-order valence-electron chi connectivity index (χ4n) is 2.35. The van der Waals surface area contributed by atoms with E-state index in [9.17, 15) is 9.59 Å². The molecule has 0 aliphatic carbocycles. The van der Waals surface area contributed by atoms with Gasteiger partial charge < -0.3 is 24.8 Å². The van der Waals surface area contributed by atoms with E-state index in [1.54, 1.807) is 38.5 Å². The van der Waals surface area contributed by atoms with Crippen molar-refractivity contribution in [2.45, 2.75) is 6.42 Å². The number of carbonyl (C=O) groups is 2. The van der Waals surface area contributed by atoms with Gasteiger partial charge in [0.1, 0.15) is 5.75 Å². The van der Waals surface area contributed by atoms with Crippen LogP contribution in [0.25, 0.3) is 0 Å². The Bertz CT molecular complexity index is 796. The average molecular weight is 407 g/mol. The first kappa shape index (κ1) is 21.4. The average Bonchev–Trinajstić information content (AvgIpc) is 2.71. The van der Waals surface area contributed by atoms with Crippen molar-refractivity contribution in [3.8, 4) is 17.2 Å². The van der Waals surface area contributed by atoms with Crippen molar-refractivity contribution >= 4 is 23.4 Å². The summed E-state index contributed by atoms with van der Waals surface area (Å²) in [5, 5.41) is 5.84. The second kappa shape index (κ2) is 11.0. The summed E-state index contributed by atoms with van der Waals surface area (Å²) in [6.07, 6.45) is 0.625. The topological polar surface area (TPSA) is 85.9 Å². The molecule has 0 aromatic heterocycles. The maximum Gasteiger partial charge on any atom is 0.258 e. The van der Waals surface area contributed by atoms with Crippen molar-refractivity contribution in [3.05, 3.63) is 53.1 Å². The maximum absolute atomic E-state index is 11.8. The molecule has 0 heterocycles. The van der Waals surface area contributed by atoms with Crippen LogP contribution >= 0.6 is 11.6 Å². The third kappa shape index (κ3) is 7.00. The summed E-state index contributed by atoms with van der Waals surface area (Å²) in [6.45, 7) is 0.140. The Morgan fingerprint density at radius 1 is 0.929 bits per heavy atom. The van der Waals surface area contributed by atoms with Gasteiger partial charge in [-0.2, -0.15) is 0 Å². The Balaban J connectivity index is 1.65. The molecule has 2 amide bonds. The Labute approximate surface area is 168 Å². The van der Waals surface area contributed by atoms with Crippen LogP contribution in [0.4, 0.5) is 0 Å². The van der Waals surface area contributed by atoms with Crippen LogP contribution in [0.15, 0.2) is 42.5 Å². The quantitative estimate of drug-likeness (QED) is 0.631. The molecule has 0 spiro atoms. The molecule has 7 nitrogen and oxygen atoms in total. The normalized spacial score (nSPS) is 10.1. The molecule has 0 bridgehead atoms. The predicted octanol–water partition coefficient (Wildman–Crippen LogP) is 2.21. The molecule has 2 aromatic rings. The number of ether oxygens (including phenoxy) is 3. The number of hydrogen-bond donors (Lipinski definition) is 2. The summed E-state index contributed by atoms with van der Waals surface area (Å²) < 4.78 is 15.8. The van der Waals surface area contributed by atoms with Crippen LogP contribution in [0.1, 0.15) is 5.56 Å². The third-order valence-electron chi connectivity index (χ3n) is 3.81. The van der Waals surface area contributed by atoms with Gasteiger partial charge in [-0.3, -0.25) is 9.59 Å². The van der Waals surface area contributed by atoms with E-state index in [4.69, 9.17) is 25.8 Å². The molecule has 0 saturated carbocycles. The zero-order valence-electron chi connectivity index (χ0n) is 15.8. The van der Waals surface area contributed by atoms with E-state index in [0.29, 0.717) is 35.2 Å². The summed E-state index contributed by atoms with van der Waals surface area (Å²) in [7, 11) is 3.15. The number of methoxy groups -OCH3 is 2. The summed E-state index contributed by atoms with van der Waals surface area (Å²) in [4.78, 5) is 23.6. The Morgan fingerprint density at radius 2 is 1.64 bits per heavy atom.